The highest BCUT2D eigenvalue weighted by atomic mass is 19.1. The molecule has 3 rings (SSSR count). The van der Waals surface area contributed by atoms with Crippen molar-refractivity contribution in [2.24, 2.45) is 0 Å². The number of pyridine rings is 1. The molecule has 0 radical (unpaired) electrons. The van der Waals surface area contributed by atoms with E-state index in [-0.39, 0.29) is 12.4 Å². The minimum absolute atomic E-state index is 0.161. The number of benzene rings is 1. The lowest BCUT2D eigenvalue weighted by Crippen LogP contribution is -2.39. The molecule has 1 atom stereocenters. The Hall–Kier alpha value is -1.98. The molecule has 1 aromatic heterocycles. The second-order valence-corrected chi connectivity index (χ2v) is 6.20. The number of hydrogen-bond donors (Lipinski definition) is 1. The molecule has 0 spiro atoms. The number of aromatic nitrogens is 1. The largest absolute Gasteiger partial charge is 0.490 e. The Kier molecular flexibility index (Phi) is 4.59. The fourth-order valence-electron chi connectivity index (χ4n) is 2.86. The van der Waals surface area contributed by atoms with Crippen LogP contribution in [0.2, 0.25) is 0 Å². The number of halogens is 1. The van der Waals surface area contributed by atoms with Gasteiger partial charge in [-0.1, -0.05) is 12.1 Å². The van der Waals surface area contributed by atoms with E-state index in [0.717, 1.165) is 24.3 Å². The van der Waals surface area contributed by atoms with Crippen LogP contribution in [0.15, 0.2) is 42.6 Å². The van der Waals surface area contributed by atoms with Crippen LogP contribution in [0.1, 0.15) is 17.7 Å². The summed E-state index contributed by atoms with van der Waals surface area (Å²) in [5, 5.41) is 10.7. The fraction of sp³-hybridized carbons (Fsp3) is 0.389. The molecule has 0 bridgehead atoms. The van der Waals surface area contributed by atoms with Crippen LogP contribution < -0.4 is 4.74 Å². The summed E-state index contributed by atoms with van der Waals surface area (Å²) in [6.45, 7) is 4.23. The number of aliphatic hydroxyl groups is 1. The van der Waals surface area contributed by atoms with Crippen molar-refractivity contribution in [1.29, 1.82) is 0 Å². The second kappa shape index (κ2) is 6.64. The topological polar surface area (TPSA) is 45.6 Å². The first kappa shape index (κ1) is 15.9. The summed E-state index contributed by atoms with van der Waals surface area (Å²) in [6, 6.07) is 9.95. The van der Waals surface area contributed by atoms with Crippen molar-refractivity contribution >= 4 is 0 Å². The lowest BCUT2D eigenvalue weighted by molar-refractivity contribution is 0.00320. The van der Waals surface area contributed by atoms with Crippen LogP contribution in [0.25, 0.3) is 0 Å². The molecular weight excluding hydrogens is 295 g/mol. The van der Waals surface area contributed by atoms with Crippen molar-refractivity contribution in [3.05, 3.63) is 59.7 Å². The summed E-state index contributed by atoms with van der Waals surface area (Å²) in [5.74, 6) is 0.102. The van der Waals surface area contributed by atoms with Gasteiger partial charge in [-0.2, -0.15) is 0 Å². The van der Waals surface area contributed by atoms with Gasteiger partial charge in [-0.15, -0.1) is 0 Å². The minimum atomic E-state index is -0.908. The Morgan fingerprint density at radius 3 is 3.00 bits per heavy atom. The van der Waals surface area contributed by atoms with Gasteiger partial charge in [0.05, 0.1) is 5.69 Å². The Morgan fingerprint density at radius 1 is 1.35 bits per heavy atom. The van der Waals surface area contributed by atoms with Crippen LogP contribution in [0.5, 0.6) is 5.75 Å². The fourth-order valence-corrected chi connectivity index (χ4v) is 2.86. The van der Waals surface area contributed by atoms with E-state index in [2.05, 4.69) is 9.88 Å². The van der Waals surface area contributed by atoms with Crippen LogP contribution in [0.3, 0.4) is 0 Å². The zero-order valence-electron chi connectivity index (χ0n) is 13.2. The Bertz CT molecular complexity index is 680. The third-order valence-electron chi connectivity index (χ3n) is 4.21. The molecule has 0 aliphatic carbocycles. The smallest absolute Gasteiger partial charge is 0.126 e. The molecule has 2 aromatic rings. The van der Waals surface area contributed by atoms with Gasteiger partial charge in [0.15, 0.2) is 0 Å². The normalized spacial score (nSPS) is 21.5. The summed E-state index contributed by atoms with van der Waals surface area (Å²) in [7, 11) is 0. The van der Waals surface area contributed by atoms with Crippen LogP contribution in [0.4, 0.5) is 4.39 Å². The Labute approximate surface area is 135 Å². The van der Waals surface area contributed by atoms with Crippen molar-refractivity contribution in [3.8, 4) is 5.75 Å². The molecule has 5 heteroatoms. The Morgan fingerprint density at radius 2 is 2.22 bits per heavy atom. The van der Waals surface area contributed by atoms with E-state index < -0.39 is 5.60 Å². The first-order valence-corrected chi connectivity index (χ1v) is 7.78. The SMILES string of the molecule is Cc1cccnc1CN1CCC(O)(COc2cccc(F)c2)C1. The van der Waals surface area contributed by atoms with Gasteiger partial charge in [-0.3, -0.25) is 9.88 Å². The van der Waals surface area contributed by atoms with Gasteiger partial charge in [0.1, 0.15) is 23.8 Å². The van der Waals surface area contributed by atoms with Gasteiger partial charge < -0.3 is 9.84 Å². The van der Waals surface area contributed by atoms with E-state index in [1.165, 1.54) is 12.1 Å². The van der Waals surface area contributed by atoms with Crippen LogP contribution >= 0.6 is 0 Å². The molecule has 23 heavy (non-hydrogen) atoms. The highest BCUT2D eigenvalue weighted by Gasteiger charge is 2.37. The van der Waals surface area contributed by atoms with E-state index in [9.17, 15) is 9.50 Å². The van der Waals surface area contributed by atoms with E-state index in [1.807, 2.05) is 19.1 Å². The van der Waals surface area contributed by atoms with Gasteiger partial charge in [0.2, 0.25) is 0 Å². The van der Waals surface area contributed by atoms with Crippen LogP contribution in [-0.2, 0) is 6.54 Å². The summed E-state index contributed by atoms with van der Waals surface area (Å²) < 4.78 is 18.7. The molecule has 0 amide bonds. The predicted octanol–water partition coefficient (Wildman–Crippen LogP) is 2.54. The third-order valence-corrected chi connectivity index (χ3v) is 4.21. The van der Waals surface area contributed by atoms with Crippen molar-refractivity contribution in [1.82, 2.24) is 9.88 Å². The average molecular weight is 316 g/mol. The molecule has 1 fully saturated rings. The number of likely N-dealkylation sites (tertiary alicyclic amines) is 1. The Balaban J connectivity index is 1.56. The van der Waals surface area contributed by atoms with Gasteiger partial charge in [0.25, 0.3) is 0 Å². The van der Waals surface area contributed by atoms with Gasteiger partial charge in [-0.25, -0.2) is 4.39 Å². The van der Waals surface area contributed by atoms with E-state index in [1.54, 1.807) is 18.3 Å². The monoisotopic (exact) mass is 316 g/mol. The third kappa shape index (κ3) is 4.06. The van der Waals surface area contributed by atoms with Crippen LogP contribution in [0, 0.1) is 12.7 Å². The number of rotatable bonds is 5. The molecule has 122 valence electrons. The van der Waals surface area contributed by atoms with Crippen molar-refractivity contribution in [2.45, 2.75) is 25.5 Å². The number of aryl methyl sites for hydroxylation is 1. The maximum Gasteiger partial charge on any atom is 0.126 e. The molecular formula is C18H21FN2O2. The predicted molar refractivity (Wildman–Crippen MR) is 85.7 cm³/mol. The molecule has 4 nitrogen and oxygen atoms in total. The first-order valence-electron chi connectivity index (χ1n) is 7.78. The molecule has 1 aliphatic heterocycles. The summed E-state index contributed by atoms with van der Waals surface area (Å²) >= 11 is 0. The maximum atomic E-state index is 13.1. The molecule has 1 unspecified atom stereocenters. The maximum absolute atomic E-state index is 13.1. The van der Waals surface area contributed by atoms with Gasteiger partial charge in [0, 0.05) is 31.9 Å². The molecule has 1 N–H and O–H groups in total. The average Bonchev–Trinajstić information content (AvgIpc) is 2.90. The molecule has 0 saturated carbocycles. The molecule has 1 aromatic carbocycles. The standard InChI is InChI=1S/C18H21FN2O2/c1-14-4-3-8-20-17(14)11-21-9-7-18(22,12-21)13-23-16-6-2-5-15(19)10-16/h2-6,8,10,22H,7,9,11-13H2,1H3. The summed E-state index contributed by atoms with van der Waals surface area (Å²) in [4.78, 5) is 6.57. The minimum Gasteiger partial charge on any atom is -0.490 e. The quantitative estimate of drug-likeness (QED) is 0.921. The van der Waals surface area contributed by atoms with Crippen molar-refractivity contribution in [3.63, 3.8) is 0 Å². The summed E-state index contributed by atoms with van der Waals surface area (Å²) in [5.41, 5.74) is 1.27. The van der Waals surface area contributed by atoms with E-state index in [0.29, 0.717) is 18.7 Å². The highest BCUT2D eigenvalue weighted by Crippen LogP contribution is 2.24. The number of ether oxygens (including phenoxy) is 1. The zero-order chi connectivity index (χ0) is 16.3. The van der Waals surface area contributed by atoms with Crippen molar-refractivity contribution in [2.75, 3.05) is 19.7 Å². The summed E-state index contributed by atoms with van der Waals surface area (Å²) in [6.07, 6.45) is 2.42. The lowest BCUT2D eigenvalue weighted by Gasteiger charge is -2.23. The van der Waals surface area contributed by atoms with E-state index in [4.69, 9.17) is 4.74 Å². The lowest BCUT2D eigenvalue weighted by atomic mass is 10.1. The van der Waals surface area contributed by atoms with Gasteiger partial charge >= 0.3 is 0 Å². The first-order chi connectivity index (χ1) is 11.0. The molecule has 2 heterocycles. The van der Waals surface area contributed by atoms with Crippen LogP contribution in [-0.4, -0.2) is 40.3 Å². The number of nitrogens with zero attached hydrogens (tertiary/aromatic N) is 2. The molecule has 1 aliphatic rings. The number of β-amino-alcohol motifs (C(OH)–C–C–N with tert-alkyl or cyclic N) is 1. The van der Waals surface area contributed by atoms with E-state index >= 15 is 0 Å². The van der Waals surface area contributed by atoms with Crippen molar-refractivity contribution < 1.29 is 14.2 Å². The highest BCUT2D eigenvalue weighted by molar-refractivity contribution is 5.22. The second-order valence-electron chi connectivity index (χ2n) is 6.20. The van der Waals surface area contributed by atoms with Gasteiger partial charge in [-0.05, 0) is 37.1 Å². The zero-order valence-corrected chi connectivity index (χ0v) is 13.2. The number of hydrogen-bond acceptors (Lipinski definition) is 4. The molecule has 1 saturated heterocycles.